The Hall–Kier alpha value is -0.620. The van der Waals surface area contributed by atoms with E-state index in [1.807, 2.05) is 31.2 Å². The van der Waals surface area contributed by atoms with Gasteiger partial charge in [0.05, 0.1) is 12.6 Å². The third kappa shape index (κ3) is 4.92. The zero-order chi connectivity index (χ0) is 15.5. The van der Waals surface area contributed by atoms with Gasteiger partial charge in [0.2, 0.25) is 5.91 Å². The van der Waals surface area contributed by atoms with Crippen molar-refractivity contribution in [3.05, 3.63) is 34.3 Å². The third-order valence-corrected chi connectivity index (χ3v) is 5.43. The van der Waals surface area contributed by atoms with Crippen molar-refractivity contribution in [1.29, 1.82) is 0 Å². The van der Waals surface area contributed by atoms with Gasteiger partial charge in [-0.3, -0.25) is 9.69 Å². The Bertz CT molecular complexity index is 525. The van der Waals surface area contributed by atoms with Crippen LogP contribution in [0.5, 0.6) is 0 Å². The first-order valence-corrected chi connectivity index (χ1v) is 8.89. The van der Waals surface area contributed by atoms with Gasteiger partial charge in [-0.1, -0.05) is 28.1 Å². The predicted molar refractivity (Wildman–Crippen MR) is 98.9 cm³/mol. The summed E-state index contributed by atoms with van der Waals surface area (Å²) >= 11 is 3.43. The number of likely N-dealkylation sites (tertiary alicyclic amines) is 1. The van der Waals surface area contributed by atoms with Crippen molar-refractivity contribution >= 4 is 34.2 Å². The van der Waals surface area contributed by atoms with Crippen LogP contribution in [0, 0.1) is 11.8 Å². The average molecular weight is 403 g/mol. The van der Waals surface area contributed by atoms with Gasteiger partial charge in [0.25, 0.3) is 0 Å². The minimum atomic E-state index is 0. The highest BCUT2D eigenvalue weighted by atomic mass is 79.9. The number of fused-ring (bicyclic) bond motifs is 1. The molecule has 0 radical (unpaired) electrons. The zero-order valence-electron chi connectivity index (χ0n) is 13.4. The highest BCUT2D eigenvalue weighted by Crippen LogP contribution is 2.26. The van der Waals surface area contributed by atoms with Crippen molar-refractivity contribution in [3.63, 3.8) is 0 Å². The van der Waals surface area contributed by atoms with E-state index in [0.29, 0.717) is 6.54 Å². The summed E-state index contributed by atoms with van der Waals surface area (Å²) in [6.45, 7) is 6.92. The minimum Gasteiger partial charge on any atom is -0.348 e. The molecule has 1 aromatic rings. The van der Waals surface area contributed by atoms with Crippen LogP contribution in [0.2, 0.25) is 0 Å². The van der Waals surface area contributed by atoms with Crippen LogP contribution < -0.4 is 10.6 Å². The van der Waals surface area contributed by atoms with E-state index in [2.05, 4.69) is 31.5 Å². The van der Waals surface area contributed by atoms with Gasteiger partial charge in [0.15, 0.2) is 0 Å². The highest BCUT2D eigenvalue weighted by molar-refractivity contribution is 9.10. The van der Waals surface area contributed by atoms with Crippen LogP contribution in [-0.4, -0.2) is 43.5 Å². The second-order valence-electron chi connectivity index (χ2n) is 6.54. The molecular weight excluding hydrogens is 378 g/mol. The lowest BCUT2D eigenvalue weighted by Crippen LogP contribution is -2.45. The van der Waals surface area contributed by atoms with Crippen molar-refractivity contribution in [2.45, 2.75) is 19.4 Å². The Kier molecular flexibility index (Phi) is 6.89. The van der Waals surface area contributed by atoms with Gasteiger partial charge < -0.3 is 10.6 Å². The van der Waals surface area contributed by atoms with E-state index in [0.717, 1.165) is 48.1 Å². The standard InChI is InChI=1S/C17H24BrN3O.ClH/c1-12(13-2-4-16(18)5-3-13)20-17(22)11-21-7-6-14-8-19-9-15(14)10-21;/h2-5,12,14-15,19H,6-11H2,1H3,(H,20,22);1H. The molecule has 2 aliphatic heterocycles. The number of carbonyl (C=O) groups is 1. The Morgan fingerprint density at radius 1 is 1.35 bits per heavy atom. The molecule has 6 heteroatoms. The van der Waals surface area contributed by atoms with Crippen LogP contribution in [0.1, 0.15) is 24.9 Å². The number of amides is 1. The summed E-state index contributed by atoms with van der Waals surface area (Å²) in [5.41, 5.74) is 1.13. The molecule has 4 nitrogen and oxygen atoms in total. The minimum absolute atomic E-state index is 0. The molecule has 3 atom stereocenters. The summed E-state index contributed by atoms with van der Waals surface area (Å²) in [6, 6.07) is 8.16. The molecule has 128 valence electrons. The maximum atomic E-state index is 12.3. The van der Waals surface area contributed by atoms with Gasteiger partial charge in [0, 0.05) is 11.0 Å². The fourth-order valence-electron chi connectivity index (χ4n) is 3.58. The first-order valence-electron chi connectivity index (χ1n) is 8.09. The van der Waals surface area contributed by atoms with E-state index < -0.39 is 0 Å². The van der Waals surface area contributed by atoms with Crippen molar-refractivity contribution < 1.29 is 4.79 Å². The number of nitrogens with zero attached hydrogens (tertiary/aromatic N) is 1. The molecule has 2 N–H and O–H groups in total. The number of halogens is 2. The van der Waals surface area contributed by atoms with E-state index in [9.17, 15) is 4.79 Å². The Morgan fingerprint density at radius 2 is 2.04 bits per heavy atom. The van der Waals surface area contributed by atoms with Crippen molar-refractivity contribution in [1.82, 2.24) is 15.5 Å². The van der Waals surface area contributed by atoms with Gasteiger partial charge in [-0.15, -0.1) is 12.4 Å². The van der Waals surface area contributed by atoms with Gasteiger partial charge >= 0.3 is 0 Å². The van der Waals surface area contributed by atoms with E-state index in [1.54, 1.807) is 0 Å². The van der Waals surface area contributed by atoms with Crippen LogP contribution in [0.4, 0.5) is 0 Å². The fourth-order valence-corrected chi connectivity index (χ4v) is 3.84. The molecule has 0 aromatic heterocycles. The normalized spacial score (nSPS) is 25.3. The third-order valence-electron chi connectivity index (χ3n) is 4.90. The topological polar surface area (TPSA) is 44.4 Å². The molecule has 2 heterocycles. The average Bonchev–Trinajstić information content (AvgIpc) is 2.95. The molecule has 1 amide bonds. The molecule has 0 saturated carbocycles. The first kappa shape index (κ1) is 18.7. The predicted octanol–water partition coefficient (Wildman–Crippen LogP) is 2.59. The number of hydrogen-bond acceptors (Lipinski definition) is 3. The molecule has 3 rings (SSSR count). The summed E-state index contributed by atoms with van der Waals surface area (Å²) in [5.74, 6) is 1.67. The quantitative estimate of drug-likeness (QED) is 0.813. The van der Waals surface area contributed by atoms with Gasteiger partial charge in [-0.25, -0.2) is 0 Å². The maximum absolute atomic E-state index is 12.3. The largest absolute Gasteiger partial charge is 0.348 e. The highest BCUT2D eigenvalue weighted by Gasteiger charge is 2.33. The lowest BCUT2D eigenvalue weighted by molar-refractivity contribution is -0.123. The Labute approximate surface area is 152 Å². The van der Waals surface area contributed by atoms with Crippen LogP contribution in [0.3, 0.4) is 0 Å². The summed E-state index contributed by atoms with van der Waals surface area (Å²) in [6.07, 6.45) is 1.22. The number of carbonyl (C=O) groups excluding carboxylic acids is 1. The van der Waals surface area contributed by atoms with Gasteiger partial charge in [0.1, 0.15) is 0 Å². The maximum Gasteiger partial charge on any atom is 0.234 e. The molecule has 1 aromatic carbocycles. The number of rotatable bonds is 4. The Morgan fingerprint density at radius 3 is 2.78 bits per heavy atom. The summed E-state index contributed by atoms with van der Waals surface area (Å²) in [4.78, 5) is 14.6. The molecule has 0 spiro atoms. The van der Waals surface area contributed by atoms with Crippen LogP contribution >= 0.6 is 28.3 Å². The number of benzene rings is 1. The lowest BCUT2D eigenvalue weighted by Gasteiger charge is -2.34. The SMILES string of the molecule is CC(NC(=O)CN1CCC2CNCC2C1)c1ccc(Br)cc1.Cl. The van der Waals surface area contributed by atoms with Crippen LogP contribution in [0.15, 0.2) is 28.7 Å². The first-order chi connectivity index (χ1) is 10.6. The molecule has 2 aliphatic rings. The number of piperidine rings is 1. The summed E-state index contributed by atoms with van der Waals surface area (Å²) in [5, 5.41) is 6.58. The second-order valence-corrected chi connectivity index (χ2v) is 7.46. The molecular formula is C17H25BrClN3O. The summed E-state index contributed by atoms with van der Waals surface area (Å²) in [7, 11) is 0. The van der Waals surface area contributed by atoms with Crippen molar-refractivity contribution in [2.75, 3.05) is 32.7 Å². The monoisotopic (exact) mass is 401 g/mol. The molecule has 0 bridgehead atoms. The molecule has 2 saturated heterocycles. The second kappa shape index (κ2) is 8.47. The van der Waals surface area contributed by atoms with Gasteiger partial charge in [-0.05, 0) is 62.5 Å². The van der Waals surface area contributed by atoms with Gasteiger partial charge in [-0.2, -0.15) is 0 Å². The van der Waals surface area contributed by atoms with E-state index in [4.69, 9.17) is 0 Å². The van der Waals surface area contributed by atoms with E-state index in [1.165, 1.54) is 6.42 Å². The van der Waals surface area contributed by atoms with Crippen molar-refractivity contribution in [2.24, 2.45) is 11.8 Å². The molecule has 0 aliphatic carbocycles. The lowest BCUT2D eigenvalue weighted by atomic mass is 9.89. The van der Waals surface area contributed by atoms with Crippen LogP contribution in [-0.2, 0) is 4.79 Å². The molecule has 23 heavy (non-hydrogen) atoms. The fraction of sp³-hybridized carbons (Fsp3) is 0.588. The summed E-state index contributed by atoms with van der Waals surface area (Å²) < 4.78 is 1.06. The zero-order valence-corrected chi connectivity index (χ0v) is 15.8. The molecule has 2 fully saturated rings. The number of hydrogen-bond donors (Lipinski definition) is 2. The Balaban J connectivity index is 0.00000192. The van der Waals surface area contributed by atoms with Crippen molar-refractivity contribution in [3.8, 4) is 0 Å². The number of nitrogens with one attached hydrogen (secondary N) is 2. The van der Waals surface area contributed by atoms with E-state index in [-0.39, 0.29) is 24.4 Å². The van der Waals surface area contributed by atoms with E-state index >= 15 is 0 Å². The van der Waals surface area contributed by atoms with Crippen LogP contribution in [0.25, 0.3) is 0 Å². The smallest absolute Gasteiger partial charge is 0.234 e. The molecule has 3 unspecified atom stereocenters.